The lowest BCUT2D eigenvalue weighted by Gasteiger charge is -2.06. The molecule has 1 aromatic heterocycles. The third-order valence-corrected chi connectivity index (χ3v) is 3.20. The quantitative estimate of drug-likeness (QED) is 0.933. The first-order valence-corrected chi connectivity index (χ1v) is 6.56. The first-order valence-electron chi connectivity index (χ1n) is 6.56. The van der Waals surface area contributed by atoms with Gasteiger partial charge in [0, 0.05) is 18.6 Å². The molecule has 2 aromatic rings. The normalized spacial score (nSPS) is 13.4. The Morgan fingerprint density at radius 1 is 1.24 bits per heavy atom. The van der Waals surface area contributed by atoms with Gasteiger partial charge in [-0.3, -0.25) is 0 Å². The summed E-state index contributed by atoms with van der Waals surface area (Å²) in [6.45, 7) is 3.69. The monoisotopic (exact) mass is 299 g/mol. The van der Waals surface area contributed by atoms with Gasteiger partial charge in [0.15, 0.2) is 0 Å². The second-order valence-corrected chi connectivity index (χ2v) is 5.09. The Morgan fingerprint density at radius 2 is 1.86 bits per heavy atom. The summed E-state index contributed by atoms with van der Waals surface area (Å²) < 4.78 is 43.1. The maximum absolute atomic E-state index is 12.5. The van der Waals surface area contributed by atoms with Gasteiger partial charge in [0.2, 0.25) is 5.89 Å². The van der Waals surface area contributed by atoms with Crippen LogP contribution in [0.3, 0.4) is 0 Å². The van der Waals surface area contributed by atoms with Crippen LogP contribution in [0.25, 0.3) is 11.5 Å². The molecule has 1 heterocycles. The van der Waals surface area contributed by atoms with Gasteiger partial charge < -0.3 is 9.52 Å². The zero-order chi connectivity index (χ0) is 15.6. The molecule has 0 amide bonds. The van der Waals surface area contributed by atoms with Gasteiger partial charge in [-0.15, -0.1) is 0 Å². The van der Waals surface area contributed by atoms with Crippen molar-refractivity contribution < 1.29 is 22.7 Å². The van der Waals surface area contributed by atoms with E-state index in [-0.39, 0.29) is 12.5 Å². The summed E-state index contributed by atoms with van der Waals surface area (Å²) in [5, 5.41) is 9.05. The lowest BCUT2D eigenvalue weighted by atomic mass is 10.1. The minimum Gasteiger partial charge on any atom is -0.441 e. The number of nitrogens with zero attached hydrogens (tertiary/aromatic N) is 1. The van der Waals surface area contributed by atoms with Crippen molar-refractivity contribution >= 4 is 0 Å². The minimum absolute atomic E-state index is 0.0375. The van der Waals surface area contributed by atoms with Crippen LogP contribution in [-0.4, -0.2) is 16.7 Å². The number of alkyl halides is 3. The number of halogens is 3. The Balaban J connectivity index is 2.24. The molecule has 0 saturated heterocycles. The smallest absolute Gasteiger partial charge is 0.416 e. The Labute approximate surface area is 120 Å². The number of oxazole rings is 1. The summed E-state index contributed by atoms with van der Waals surface area (Å²) in [7, 11) is 0. The molecule has 6 heteroatoms. The van der Waals surface area contributed by atoms with Crippen molar-refractivity contribution in [1.29, 1.82) is 0 Å². The molecule has 0 spiro atoms. The van der Waals surface area contributed by atoms with E-state index in [2.05, 4.69) is 4.98 Å². The van der Waals surface area contributed by atoms with Crippen molar-refractivity contribution in [3.05, 3.63) is 41.3 Å². The maximum Gasteiger partial charge on any atom is 0.416 e. The molecule has 0 aliphatic carbocycles. The van der Waals surface area contributed by atoms with E-state index in [1.54, 1.807) is 6.92 Å². The molecule has 0 bridgehead atoms. The van der Waals surface area contributed by atoms with Gasteiger partial charge in [0.1, 0.15) is 5.76 Å². The van der Waals surface area contributed by atoms with Gasteiger partial charge in [0.05, 0.1) is 11.3 Å². The Bertz CT molecular complexity index is 602. The minimum atomic E-state index is -4.35. The summed E-state index contributed by atoms with van der Waals surface area (Å²) in [6.07, 6.45) is -3.82. The van der Waals surface area contributed by atoms with Crippen LogP contribution in [0.15, 0.2) is 28.7 Å². The van der Waals surface area contributed by atoms with Crippen molar-refractivity contribution in [2.45, 2.75) is 26.4 Å². The van der Waals surface area contributed by atoms with Gasteiger partial charge in [-0.1, -0.05) is 6.92 Å². The van der Waals surface area contributed by atoms with E-state index in [4.69, 9.17) is 9.52 Å². The van der Waals surface area contributed by atoms with Gasteiger partial charge >= 0.3 is 6.18 Å². The van der Waals surface area contributed by atoms with Crippen LogP contribution in [-0.2, 0) is 12.6 Å². The Kier molecular flexibility index (Phi) is 4.37. The molecular formula is C15H16F3NO2. The molecule has 0 fully saturated rings. The van der Waals surface area contributed by atoms with E-state index < -0.39 is 11.7 Å². The SMILES string of the molecule is Cc1nc(-c2ccc(C(F)(F)F)cc2)oc1CC(C)CO. The second kappa shape index (κ2) is 5.89. The number of aliphatic hydroxyl groups is 1. The first-order chi connectivity index (χ1) is 9.81. The molecule has 1 aromatic carbocycles. The van der Waals surface area contributed by atoms with Gasteiger partial charge in [0.25, 0.3) is 0 Å². The fraction of sp³-hybridized carbons (Fsp3) is 0.400. The highest BCUT2D eigenvalue weighted by atomic mass is 19.4. The molecule has 0 aliphatic rings. The molecule has 21 heavy (non-hydrogen) atoms. The molecule has 1 unspecified atom stereocenters. The number of aromatic nitrogens is 1. The highest BCUT2D eigenvalue weighted by Crippen LogP contribution is 2.31. The van der Waals surface area contributed by atoms with Crippen LogP contribution in [0, 0.1) is 12.8 Å². The standard InChI is InChI=1S/C15H16F3NO2/c1-9(8-20)7-13-10(2)19-14(21-13)11-3-5-12(6-4-11)15(16,17)18/h3-6,9,20H,7-8H2,1-2H3. The number of rotatable bonds is 4. The van der Waals surface area contributed by atoms with Gasteiger partial charge in [-0.25, -0.2) is 4.98 Å². The number of benzene rings is 1. The lowest BCUT2D eigenvalue weighted by molar-refractivity contribution is -0.137. The molecule has 0 aliphatic heterocycles. The van der Waals surface area contributed by atoms with Crippen molar-refractivity contribution in [1.82, 2.24) is 4.98 Å². The fourth-order valence-electron chi connectivity index (χ4n) is 1.92. The second-order valence-electron chi connectivity index (χ2n) is 5.09. The van der Waals surface area contributed by atoms with E-state index in [9.17, 15) is 13.2 Å². The van der Waals surface area contributed by atoms with Crippen LogP contribution < -0.4 is 0 Å². The summed E-state index contributed by atoms with van der Waals surface area (Å²) >= 11 is 0. The average Bonchev–Trinajstić information content (AvgIpc) is 2.79. The van der Waals surface area contributed by atoms with Crippen LogP contribution >= 0.6 is 0 Å². The summed E-state index contributed by atoms with van der Waals surface area (Å²) in [4.78, 5) is 4.23. The number of hydrogen-bond acceptors (Lipinski definition) is 3. The lowest BCUT2D eigenvalue weighted by Crippen LogP contribution is -2.04. The Hall–Kier alpha value is -1.82. The van der Waals surface area contributed by atoms with Crippen molar-refractivity contribution in [3.63, 3.8) is 0 Å². The number of hydrogen-bond donors (Lipinski definition) is 1. The largest absolute Gasteiger partial charge is 0.441 e. The summed E-state index contributed by atoms with van der Waals surface area (Å²) in [5.41, 5.74) is 0.475. The van der Waals surface area contributed by atoms with Crippen molar-refractivity contribution in [3.8, 4) is 11.5 Å². The van der Waals surface area contributed by atoms with E-state index in [1.165, 1.54) is 12.1 Å². The molecule has 1 atom stereocenters. The highest BCUT2D eigenvalue weighted by molar-refractivity contribution is 5.54. The van der Waals surface area contributed by atoms with E-state index in [0.717, 1.165) is 12.1 Å². The first kappa shape index (κ1) is 15.6. The average molecular weight is 299 g/mol. The summed E-state index contributed by atoms with van der Waals surface area (Å²) in [5.74, 6) is 0.977. The van der Waals surface area contributed by atoms with E-state index in [1.807, 2.05) is 6.92 Å². The predicted octanol–water partition coefficient (Wildman–Crippen LogP) is 3.84. The Morgan fingerprint density at radius 3 is 2.38 bits per heavy atom. The molecule has 0 saturated carbocycles. The number of aryl methyl sites for hydroxylation is 1. The van der Waals surface area contributed by atoms with Crippen molar-refractivity contribution in [2.75, 3.05) is 6.61 Å². The van der Waals surface area contributed by atoms with Crippen LogP contribution in [0.5, 0.6) is 0 Å². The predicted molar refractivity (Wildman–Crippen MR) is 71.6 cm³/mol. The van der Waals surface area contributed by atoms with E-state index in [0.29, 0.717) is 29.3 Å². The van der Waals surface area contributed by atoms with Crippen LogP contribution in [0.4, 0.5) is 13.2 Å². The van der Waals surface area contributed by atoms with Crippen LogP contribution in [0.2, 0.25) is 0 Å². The highest BCUT2D eigenvalue weighted by Gasteiger charge is 2.30. The van der Waals surface area contributed by atoms with E-state index >= 15 is 0 Å². The molecule has 1 N–H and O–H groups in total. The van der Waals surface area contributed by atoms with Crippen molar-refractivity contribution in [2.24, 2.45) is 5.92 Å². The zero-order valence-corrected chi connectivity index (χ0v) is 11.7. The van der Waals surface area contributed by atoms with Crippen LogP contribution in [0.1, 0.15) is 23.9 Å². The van der Waals surface area contributed by atoms with Gasteiger partial charge in [-0.05, 0) is 37.1 Å². The third-order valence-electron chi connectivity index (χ3n) is 3.20. The molecule has 3 nitrogen and oxygen atoms in total. The molecule has 2 rings (SSSR count). The molecule has 0 radical (unpaired) electrons. The summed E-state index contributed by atoms with van der Waals surface area (Å²) in [6, 6.07) is 4.69. The zero-order valence-electron chi connectivity index (χ0n) is 11.7. The molecular weight excluding hydrogens is 283 g/mol. The fourth-order valence-corrected chi connectivity index (χ4v) is 1.92. The van der Waals surface area contributed by atoms with Gasteiger partial charge in [-0.2, -0.15) is 13.2 Å². The maximum atomic E-state index is 12.5. The topological polar surface area (TPSA) is 46.3 Å². The number of aliphatic hydroxyl groups excluding tert-OH is 1. The third kappa shape index (κ3) is 3.64. The molecule has 114 valence electrons.